The van der Waals surface area contributed by atoms with Crippen molar-refractivity contribution in [1.29, 1.82) is 0 Å². The summed E-state index contributed by atoms with van der Waals surface area (Å²) in [5, 5.41) is 16.9. The Bertz CT molecular complexity index is 447. The highest BCUT2D eigenvalue weighted by atomic mass is 16.5. The fourth-order valence-corrected chi connectivity index (χ4v) is 1.93. The van der Waals surface area contributed by atoms with Crippen molar-refractivity contribution >= 4 is 5.97 Å². The van der Waals surface area contributed by atoms with E-state index in [1.807, 2.05) is 20.8 Å². The number of carboxylic acids is 1. The Morgan fingerprint density at radius 2 is 2.00 bits per heavy atom. The standard InChI is InChI=1S/C14H25N3O3/c1-10(2)6-8-20-9-7-17-12(14(3,4)5)11(13(18)19)15-16-17/h10H,6-9H2,1-5H3,(H,18,19). The van der Waals surface area contributed by atoms with Crippen molar-refractivity contribution in [3.63, 3.8) is 0 Å². The SMILES string of the molecule is CC(C)CCOCCn1nnc(C(=O)O)c1C(C)(C)C. The monoisotopic (exact) mass is 283 g/mol. The average Bonchev–Trinajstić information content (AvgIpc) is 2.71. The molecule has 6 heteroatoms. The summed E-state index contributed by atoms with van der Waals surface area (Å²) in [7, 11) is 0. The number of carboxylic acid groups (broad SMARTS) is 1. The van der Waals surface area contributed by atoms with Crippen LogP contribution in [0.5, 0.6) is 0 Å². The van der Waals surface area contributed by atoms with Crippen molar-refractivity contribution in [1.82, 2.24) is 15.0 Å². The molecule has 0 aliphatic rings. The third-order valence-electron chi connectivity index (χ3n) is 2.94. The summed E-state index contributed by atoms with van der Waals surface area (Å²) >= 11 is 0. The second-order valence-corrected chi connectivity index (χ2v) is 6.36. The molecule has 0 unspecified atom stereocenters. The second kappa shape index (κ2) is 6.83. The third-order valence-corrected chi connectivity index (χ3v) is 2.94. The first-order chi connectivity index (χ1) is 9.23. The van der Waals surface area contributed by atoms with Crippen LogP contribution >= 0.6 is 0 Å². The van der Waals surface area contributed by atoms with E-state index in [-0.39, 0.29) is 11.1 Å². The van der Waals surface area contributed by atoms with Gasteiger partial charge >= 0.3 is 5.97 Å². The molecule has 1 heterocycles. The van der Waals surface area contributed by atoms with Gasteiger partial charge in [0.2, 0.25) is 0 Å². The molecule has 0 aliphatic carbocycles. The van der Waals surface area contributed by atoms with Gasteiger partial charge in [0, 0.05) is 12.0 Å². The Labute approximate surface area is 120 Å². The summed E-state index contributed by atoms with van der Waals surface area (Å²) < 4.78 is 7.19. The maximum absolute atomic E-state index is 11.2. The van der Waals surface area contributed by atoms with Crippen LogP contribution in [0.25, 0.3) is 0 Å². The van der Waals surface area contributed by atoms with E-state index in [2.05, 4.69) is 24.2 Å². The van der Waals surface area contributed by atoms with Gasteiger partial charge in [-0.1, -0.05) is 39.8 Å². The number of nitrogens with zero attached hydrogens (tertiary/aromatic N) is 3. The number of hydrogen-bond donors (Lipinski definition) is 1. The van der Waals surface area contributed by atoms with Crippen LogP contribution in [-0.4, -0.2) is 39.3 Å². The first-order valence-electron chi connectivity index (χ1n) is 6.98. The summed E-state index contributed by atoms with van der Waals surface area (Å²) in [5.41, 5.74) is 0.340. The topological polar surface area (TPSA) is 77.2 Å². The molecule has 0 aromatic carbocycles. The molecule has 0 aliphatic heterocycles. The van der Waals surface area contributed by atoms with Crippen LogP contribution in [0.3, 0.4) is 0 Å². The minimum absolute atomic E-state index is 0.0275. The Morgan fingerprint density at radius 3 is 2.50 bits per heavy atom. The molecule has 0 amide bonds. The molecule has 114 valence electrons. The molecular weight excluding hydrogens is 258 g/mol. The van der Waals surface area contributed by atoms with Crippen LogP contribution in [0.15, 0.2) is 0 Å². The van der Waals surface area contributed by atoms with Crippen molar-refractivity contribution in [3.8, 4) is 0 Å². The highest BCUT2D eigenvalue weighted by Crippen LogP contribution is 2.24. The maximum Gasteiger partial charge on any atom is 0.358 e. The zero-order valence-electron chi connectivity index (χ0n) is 13.0. The van der Waals surface area contributed by atoms with Crippen molar-refractivity contribution < 1.29 is 14.6 Å². The van der Waals surface area contributed by atoms with Gasteiger partial charge in [-0.05, 0) is 12.3 Å². The Balaban J connectivity index is 2.69. The quantitative estimate of drug-likeness (QED) is 0.777. The zero-order chi connectivity index (χ0) is 15.3. The summed E-state index contributed by atoms with van der Waals surface area (Å²) in [6, 6.07) is 0. The Hall–Kier alpha value is -1.43. The number of ether oxygens (including phenoxy) is 1. The van der Waals surface area contributed by atoms with Gasteiger partial charge in [-0.15, -0.1) is 5.10 Å². The van der Waals surface area contributed by atoms with Crippen molar-refractivity contribution in [2.45, 2.75) is 53.0 Å². The third kappa shape index (κ3) is 4.59. The van der Waals surface area contributed by atoms with Gasteiger partial charge in [-0.2, -0.15) is 0 Å². The molecule has 1 aromatic heterocycles. The largest absolute Gasteiger partial charge is 0.476 e. The minimum Gasteiger partial charge on any atom is -0.476 e. The normalized spacial score (nSPS) is 12.1. The summed E-state index contributed by atoms with van der Waals surface area (Å²) in [6.07, 6.45) is 1.02. The molecule has 6 nitrogen and oxygen atoms in total. The van der Waals surface area contributed by atoms with Gasteiger partial charge in [0.05, 0.1) is 18.8 Å². The van der Waals surface area contributed by atoms with Crippen LogP contribution < -0.4 is 0 Å². The zero-order valence-corrected chi connectivity index (χ0v) is 13.0. The first-order valence-corrected chi connectivity index (χ1v) is 6.98. The lowest BCUT2D eigenvalue weighted by molar-refractivity contribution is 0.0687. The Kier molecular flexibility index (Phi) is 5.68. The van der Waals surface area contributed by atoms with Crippen molar-refractivity contribution in [2.75, 3.05) is 13.2 Å². The van der Waals surface area contributed by atoms with E-state index in [4.69, 9.17) is 9.84 Å². The number of aromatic carboxylic acids is 1. The number of rotatable bonds is 7. The highest BCUT2D eigenvalue weighted by molar-refractivity contribution is 5.86. The molecule has 1 N–H and O–H groups in total. The predicted molar refractivity (Wildman–Crippen MR) is 76.0 cm³/mol. The van der Waals surface area contributed by atoms with Gasteiger partial charge in [0.25, 0.3) is 0 Å². The van der Waals surface area contributed by atoms with E-state index in [9.17, 15) is 4.79 Å². The number of aromatic nitrogens is 3. The van der Waals surface area contributed by atoms with Gasteiger partial charge in [0.1, 0.15) is 0 Å². The summed E-state index contributed by atoms with van der Waals surface area (Å²) in [6.45, 7) is 11.9. The lowest BCUT2D eigenvalue weighted by Crippen LogP contribution is -2.23. The van der Waals surface area contributed by atoms with Gasteiger partial charge in [-0.3, -0.25) is 0 Å². The minimum atomic E-state index is -1.04. The molecule has 0 fully saturated rings. The van der Waals surface area contributed by atoms with E-state index in [1.54, 1.807) is 4.68 Å². The van der Waals surface area contributed by atoms with E-state index >= 15 is 0 Å². The Morgan fingerprint density at radius 1 is 1.35 bits per heavy atom. The molecule has 0 radical (unpaired) electrons. The second-order valence-electron chi connectivity index (χ2n) is 6.36. The molecule has 0 saturated carbocycles. The molecule has 1 rings (SSSR count). The van der Waals surface area contributed by atoms with E-state index in [1.165, 1.54) is 0 Å². The maximum atomic E-state index is 11.2. The molecule has 1 aromatic rings. The summed E-state index contributed by atoms with van der Waals surface area (Å²) in [4.78, 5) is 11.2. The van der Waals surface area contributed by atoms with Crippen LogP contribution in [0.1, 0.15) is 57.2 Å². The fraction of sp³-hybridized carbons (Fsp3) is 0.786. The number of carbonyl (C=O) groups is 1. The molecule has 20 heavy (non-hydrogen) atoms. The van der Waals surface area contributed by atoms with Crippen LogP contribution in [0.2, 0.25) is 0 Å². The van der Waals surface area contributed by atoms with Crippen LogP contribution in [0.4, 0.5) is 0 Å². The molecule has 0 bridgehead atoms. The van der Waals surface area contributed by atoms with E-state index in [0.717, 1.165) is 6.42 Å². The smallest absolute Gasteiger partial charge is 0.358 e. The number of hydrogen-bond acceptors (Lipinski definition) is 4. The summed E-state index contributed by atoms with van der Waals surface area (Å²) in [5.74, 6) is -0.424. The van der Waals surface area contributed by atoms with Gasteiger partial charge in [-0.25, -0.2) is 9.48 Å². The van der Waals surface area contributed by atoms with Crippen molar-refractivity contribution in [2.24, 2.45) is 5.92 Å². The lowest BCUT2D eigenvalue weighted by Gasteiger charge is -2.20. The average molecular weight is 283 g/mol. The van der Waals surface area contributed by atoms with Crippen LogP contribution in [0, 0.1) is 5.92 Å². The highest BCUT2D eigenvalue weighted by Gasteiger charge is 2.28. The van der Waals surface area contributed by atoms with Crippen molar-refractivity contribution in [3.05, 3.63) is 11.4 Å². The fourth-order valence-electron chi connectivity index (χ4n) is 1.93. The van der Waals surface area contributed by atoms with Gasteiger partial charge in [0.15, 0.2) is 5.69 Å². The predicted octanol–water partition coefficient (Wildman–Crippen LogP) is 2.34. The van der Waals surface area contributed by atoms with E-state index in [0.29, 0.717) is 31.4 Å². The van der Waals surface area contributed by atoms with Crippen LogP contribution in [-0.2, 0) is 16.7 Å². The van der Waals surface area contributed by atoms with E-state index < -0.39 is 5.97 Å². The molecule has 0 atom stereocenters. The molecular formula is C14H25N3O3. The lowest BCUT2D eigenvalue weighted by atomic mass is 9.90. The first kappa shape index (κ1) is 16.6. The molecule has 0 saturated heterocycles. The molecule has 0 spiro atoms. The van der Waals surface area contributed by atoms with Gasteiger partial charge < -0.3 is 9.84 Å².